The maximum atomic E-state index is 12.7. The van der Waals surface area contributed by atoms with Crippen LogP contribution in [0.3, 0.4) is 0 Å². The summed E-state index contributed by atoms with van der Waals surface area (Å²) in [6.45, 7) is 3.92. The van der Waals surface area contributed by atoms with Crippen molar-refractivity contribution < 1.29 is 4.79 Å². The fourth-order valence-electron chi connectivity index (χ4n) is 2.91. The van der Waals surface area contributed by atoms with E-state index in [9.17, 15) is 4.79 Å². The second-order valence-electron chi connectivity index (χ2n) is 6.25. The lowest BCUT2D eigenvalue weighted by molar-refractivity contribution is 0.0960. The summed E-state index contributed by atoms with van der Waals surface area (Å²) in [7, 11) is 0. The summed E-state index contributed by atoms with van der Waals surface area (Å²) < 4.78 is 1.42. The molecule has 3 N–H and O–H groups in total. The minimum Gasteiger partial charge on any atom is -0.383 e. The molecule has 4 aromatic rings. The number of halogens is 1. The Morgan fingerprint density at radius 2 is 1.86 bits per heavy atom. The predicted octanol–water partition coefficient (Wildman–Crippen LogP) is 3.62. The molecule has 0 spiro atoms. The summed E-state index contributed by atoms with van der Waals surface area (Å²) in [5.74, 6) is -0.209. The summed E-state index contributed by atoms with van der Waals surface area (Å²) in [6.07, 6.45) is 3.21. The number of hydrogen-bond acceptors (Lipinski definition) is 5. The molecule has 7 nitrogen and oxygen atoms in total. The number of anilines is 1. The van der Waals surface area contributed by atoms with E-state index < -0.39 is 0 Å². The van der Waals surface area contributed by atoms with Crippen LogP contribution in [0.2, 0.25) is 5.02 Å². The lowest BCUT2D eigenvalue weighted by Crippen LogP contribution is -2.24. The van der Waals surface area contributed by atoms with Gasteiger partial charge in [-0.2, -0.15) is 9.78 Å². The smallest absolute Gasteiger partial charge is 0.257 e. The Hall–Kier alpha value is -3.71. The second-order valence-corrected chi connectivity index (χ2v) is 6.69. The summed E-state index contributed by atoms with van der Waals surface area (Å²) in [5, 5.41) is 7.81. The van der Waals surface area contributed by atoms with E-state index in [4.69, 9.17) is 17.3 Å². The number of nitrogens with zero attached hydrogens (tertiary/aromatic N) is 4. The molecular formula is C21H17ClN6O. The van der Waals surface area contributed by atoms with Crippen LogP contribution in [-0.2, 0) is 0 Å². The van der Waals surface area contributed by atoms with Gasteiger partial charge in [-0.05, 0) is 29.8 Å². The second kappa shape index (κ2) is 7.73. The minimum atomic E-state index is -0.363. The van der Waals surface area contributed by atoms with Crippen LogP contribution >= 0.6 is 11.6 Å². The first-order valence-electron chi connectivity index (χ1n) is 8.84. The molecule has 0 aliphatic rings. The average molecular weight is 405 g/mol. The molecule has 0 fully saturated rings. The van der Waals surface area contributed by atoms with Crippen molar-refractivity contribution in [1.29, 1.82) is 0 Å². The zero-order valence-electron chi connectivity index (χ0n) is 15.3. The molecule has 144 valence electrons. The lowest BCUT2D eigenvalue weighted by atomic mass is 10.2. The third kappa shape index (κ3) is 3.55. The summed E-state index contributed by atoms with van der Waals surface area (Å²) in [5.41, 5.74) is 9.48. The Bertz CT molecular complexity index is 1260. The highest BCUT2D eigenvalue weighted by molar-refractivity contribution is 6.30. The minimum absolute atomic E-state index is 0.155. The van der Waals surface area contributed by atoms with Crippen LogP contribution < -0.4 is 11.1 Å². The van der Waals surface area contributed by atoms with Crippen LogP contribution in [0.4, 0.5) is 5.82 Å². The zero-order chi connectivity index (χ0) is 20.4. The standard InChI is InChI=1S/C21H17ClN6O/c1-2-11-24-21(29)17-18-20(27-16-6-4-3-5-15(16)26-18)28(19(17)23)25-12-13-7-9-14(22)10-8-13/h2-10,12H,1,11,23H2,(H,24,29)/b25-12-. The Morgan fingerprint density at radius 3 is 2.55 bits per heavy atom. The molecule has 4 rings (SSSR count). The van der Waals surface area contributed by atoms with Crippen molar-refractivity contribution in [2.75, 3.05) is 12.3 Å². The molecule has 0 saturated carbocycles. The van der Waals surface area contributed by atoms with Crippen molar-refractivity contribution in [2.24, 2.45) is 5.10 Å². The van der Waals surface area contributed by atoms with E-state index in [1.54, 1.807) is 24.4 Å². The van der Waals surface area contributed by atoms with E-state index in [1.807, 2.05) is 36.4 Å². The van der Waals surface area contributed by atoms with Crippen LogP contribution in [0.5, 0.6) is 0 Å². The number of hydrogen-bond donors (Lipinski definition) is 2. The molecule has 0 unspecified atom stereocenters. The van der Waals surface area contributed by atoms with Crippen molar-refractivity contribution in [3.63, 3.8) is 0 Å². The first kappa shape index (κ1) is 18.6. The van der Waals surface area contributed by atoms with Gasteiger partial charge in [-0.25, -0.2) is 9.97 Å². The Labute approximate surface area is 171 Å². The Morgan fingerprint density at radius 1 is 1.17 bits per heavy atom. The summed E-state index contributed by atoms with van der Waals surface area (Å²) in [4.78, 5) is 22.0. The Kier molecular flexibility index (Phi) is 4.97. The number of nitrogens with one attached hydrogen (secondary N) is 1. The molecule has 0 atom stereocenters. The fourth-order valence-corrected chi connectivity index (χ4v) is 3.04. The highest BCUT2D eigenvalue weighted by atomic mass is 35.5. The number of carbonyl (C=O) groups is 1. The number of benzene rings is 2. The maximum Gasteiger partial charge on any atom is 0.257 e. The van der Waals surface area contributed by atoms with Gasteiger partial charge in [-0.15, -0.1) is 6.58 Å². The number of amides is 1. The van der Waals surface area contributed by atoms with Crippen LogP contribution in [0, 0.1) is 0 Å². The first-order valence-corrected chi connectivity index (χ1v) is 9.22. The molecule has 2 heterocycles. The predicted molar refractivity (Wildman–Crippen MR) is 116 cm³/mol. The highest BCUT2D eigenvalue weighted by Crippen LogP contribution is 2.27. The molecular weight excluding hydrogens is 388 g/mol. The van der Waals surface area contributed by atoms with E-state index in [0.29, 0.717) is 33.8 Å². The lowest BCUT2D eigenvalue weighted by Gasteiger charge is -2.02. The molecule has 0 saturated heterocycles. The largest absolute Gasteiger partial charge is 0.383 e. The van der Waals surface area contributed by atoms with Gasteiger partial charge >= 0.3 is 0 Å². The van der Waals surface area contributed by atoms with Gasteiger partial charge in [0.1, 0.15) is 16.9 Å². The van der Waals surface area contributed by atoms with Gasteiger partial charge in [0.05, 0.1) is 17.2 Å². The van der Waals surface area contributed by atoms with Gasteiger partial charge in [0.2, 0.25) is 0 Å². The zero-order valence-corrected chi connectivity index (χ0v) is 16.1. The van der Waals surface area contributed by atoms with Crippen LogP contribution in [0.1, 0.15) is 15.9 Å². The van der Waals surface area contributed by atoms with Crippen LogP contribution in [0.25, 0.3) is 22.2 Å². The van der Waals surface area contributed by atoms with Crippen molar-refractivity contribution in [1.82, 2.24) is 20.0 Å². The van der Waals surface area contributed by atoms with E-state index >= 15 is 0 Å². The average Bonchev–Trinajstić information content (AvgIpc) is 3.00. The number of carbonyl (C=O) groups excluding carboxylic acids is 1. The monoisotopic (exact) mass is 404 g/mol. The van der Waals surface area contributed by atoms with Crippen molar-refractivity contribution in [2.45, 2.75) is 0 Å². The molecule has 0 bridgehead atoms. The van der Waals surface area contributed by atoms with E-state index in [0.717, 1.165) is 5.56 Å². The quantitative estimate of drug-likeness (QED) is 0.392. The van der Waals surface area contributed by atoms with Gasteiger partial charge < -0.3 is 11.1 Å². The molecule has 29 heavy (non-hydrogen) atoms. The third-order valence-corrected chi connectivity index (χ3v) is 4.55. The van der Waals surface area contributed by atoms with E-state index in [-0.39, 0.29) is 17.3 Å². The van der Waals surface area contributed by atoms with Gasteiger partial charge in [0.15, 0.2) is 5.65 Å². The van der Waals surface area contributed by atoms with Crippen molar-refractivity contribution >= 4 is 51.7 Å². The fraction of sp³-hybridized carbons (Fsp3) is 0.0476. The van der Waals surface area contributed by atoms with Gasteiger partial charge in [0, 0.05) is 11.6 Å². The topological polar surface area (TPSA) is 98.2 Å². The molecule has 1 amide bonds. The summed E-state index contributed by atoms with van der Waals surface area (Å²) >= 11 is 5.93. The highest BCUT2D eigenvalue weighted by Gasteiger charge is 2.23. The van der Waals surface area contributed by atoms with Gasteiger partial charge in [-0.3, -0.25) is 4.79 Å². The molecule has 2 aromatic heterocycles. The number of para-hydroxylation sites is 2. The van der Waals surface area contributed by atoms with Crippen molar-refractivity contribution in [3.8, 4) is 0 Å². The third-order valence-electron chi connectivity index (χ3n) is 4.30. The number of rotatable bonds is 5. The normalized spacial score (nSPS) is 11.3. The molecule has 0 aliphatic heterocycles. The summed E-state index contributed by atoms with van der Waals surface area (Å²) in [6, 6.07) is 14.6. The number of nitrogens with two attached hydrogens (primary N) is 1. The van der Waals surface area contributed by atoms with E-state index in [1.165, 1.54) is 4.68 Å². The van der Waals surface area contributed by atoms with Gasteiger partial charge in [-0.1, -0.05) is 41.9 Å². The van der Waals surface area contributed by atoms with Crippen LogP contribution in [-0.4, -0.2) is 33.3 Å². The van der Waals surface area contributed by atoms with Crippen molar-refractivity contribution in [3.05, 3.63) is 77.3 Å². The molecule has 0 radical (unpaired) electrons. The Balaban J connectivity index is 1.91. The molecule has 8 heteroatoms. The molecule has 2 aromatic carbocycles. The molecule has 0 aliphatic carbocycles. The van der Waals surface area contributed by atoms with E-state index in [2.05, 4.69) is 27.0 Å². The first-order chi connectivity index (χ1) is 14.1. The number of nitrogen functional groups attached to an aromatic ring is 1. The van der Waals surface area contributed by atoms with Crippen LogP contribution in [0.15, 0.2) is 66.3 Å². The maximum absolute atomic E-state index is 12.7. The van der Waals surface area contributed by atoms with Gasteiger partial charge in [0.25, 0.3) is 5.91 Å². The number of aromatic nitrogens is 3. The number of fused-ring (bicyclic) bond motifs is 2. The SMILES string of the molecule is C=CCNC(=O)c1c(N)n(/N=C\c2ccc(Cl)cc2)c2nc3ccccc3nc12.